The summed E-state index contributed by atoms with van der Waals surface area (Å²) in [6.07, 6.45) is 24.2. The number of rotatable bonds is 21. The maximum atomic E-state index is 2.39. The van der Waals surface area contributed by atoms with Crippen LogP contribution in [0, 0.1) is 20.8 Å². The van der Waals surface area contributed by atoms with Gasteiger partial charge in [0.25, 0.3) is 0 Å². The Kier molecular flexibility index (Phi) is 28.8. The van der Waals surface area contributed by atoms with Crippen molar-refractivity contribution in [1.82, 2.24) is 0 Å². The van der Waals surface area contributed by atoms with Gasteiger partial charge in [0, 0.05) is 0 Å². The molecule has 0 saturated heterocycles. The van der Waals surface area contributed by atoms with E-state index in [0.717, 1.165) is 0 Å². The van der Waals surface area contributed by atoms with Crippen LogP contribution in [-0.2, 0) is 34.2 Å². The molecule has 0 heterocycles. The van der Waals surface area contributed by atoms with Crippen molar-refractivity contribution in [3.8, 4) is 0 Å². The van der Waals surface area contributed by atoms with E-state index < -0.39 is 8.80 Å². The van der Waals surface area contributed by atoms with Crippen LogP contribution in [0.2, 0.25) is 0 Å². The van der Waals surface area contributed by atoms with Gasteiger partial charge in [-0.2, -0.15) is 27.8 Å². The van der Waals surface area contributed by atoms with Crippen molar-refractivity contribution in [2.24, 2.45) is 0 Å². The molecule has 0 aromatic heterocycles. The van der Waals surface area contributed by atoms with Crippen LogP contribution in [0.1, 0.15) is 137 Å². The zero-order valence-electron chi connectivity index (χ0n) is 28.2. The molecule has 0 nitrogen and oxygen atoms in total. The molecule has 0 aliphatic carbocycles. The van der Waals surface area contributed by atoms with Crippen LogP contribution < -0.4 is 47.6 Å². The van der Waals surface area contributed by atoms with Gasteiger partial charge >= 0.3 is 21.7 Å². The third-order valence-electron chi connectivity index (χ3n) is 9.49. The molecule has 3 aromatic carbocycles. The smallest absolute Gasteiger partial charge is 1.00 e. The molecule has 0 saturated carbocycles. The number of hydrogen-bond acceptors (Lipinski definition) is 0. The molecule has 5 heteroatoms. The summed E-state index contributed by atoms with van der Waals surface area (Å²) in [5.74, 6) is 0. The van der Waals surface area contributed by atoms with Crippen molar-refractivity contribution in [1.29, 1.82) is 0 Å². The molecule has 0 atom stereocenters. The van der Waals surface area contributed by atoms with Gasteiger partial charge in [-0.05, 0) is 0 Å². The fourth-order valence-corrected chi connectivity index (χ4v) is 9.84. The van der Waals surface area contributed by atoms with E-state index in [1.165, 1.54) is 121 Å². The third kappa shape index (κ3) is 15.9. The molecular formula is C39H59Cl3SiTi. The van der Waals surface area contributed by atoms with E-state index >= 15 is 0 Å². The molecule has 0 spiro atoms. The van der Waals surface area contributed by atoms with Crippen molar-refractivity contribution in [3.63, 3.8) is 0 Å². The molecule has 0 fully saturated rings. The van der Waals surface area contributed by atoms with E-state index in [-0.39, 0.29) is 58.9 Å². The number of hydrogen-bond donors (Lipinski definition) is 0. The largest absolute Gasteiger partial charge is 4.00 e. The summed E-state index contributed by atoms with van der Waals surface area (Å²) < 4.78 is 0. The zero-order chi connectivity index (χ0) is 28.4. The monoisotopic (exact) mass is 708 g/mol. The normalized spacial score (nSPS) is 10.5. The van der Waals surface area contributed by atoms with Crippen LogP contribution in [-0.4, -0.2) is 8.80 Å². The Labute approximate surface area is 307 Å². The second-order valence-electron chi connectivity index (χ2n) is 12.5. The molecule has 44 heavy (non-hydrogen) atoms. The minimum absolute atomic E-state index is 0. The van der Waals surface area contributed by atoms with Gasteiger partial charge in [0.05, 0.1) is 8.80 Å². The van der Waals surface area contributed by atoms with E-state index in [4.69, 9.17) is 0 Å². The van der Waals surface area contributed by atoms with Gasteiger partial charge in [-0.3, -0.25) is 0 Å². The van der Waals surface area contributed by atoms with Gasteiger partial charge in [-0.25, -0.2) is 0 Å². The summed E-state index contributed by atoms with van der Waals surface area (Å²) in [5, 5.41) is 3.14. The van der Waals surface area contributed by atoms with Crippen molar-refractivity contribution < 1.29 is 58.9 Å². The van der Waals surface area contributed by atoms with Crippen LogP contribution in [0.5, 0.6) is 0 Å². The Bertz CT molecular complexity index is 1030. The summed E-state index contributed by atoms with van der Waals surface area (Å²) in [6, 6.07) is 23.9. The van der Waals surface area contributed by atoms with Gasteiger partial charge in [-0.1, -0.05) is 214 Å². The SMILES string of the molecule is CCCCCCCCCCCCCCCCCCc1c(C)c(C)c(C)[c-]1C[SiH](c1ccccc1)c1ccccc1.[Cl-].[Cl-].[Cl-].[Ti+4]. The van der Waals surface area contributed by atoms with Gasteiger partial charge < -0.3 is 37.2 Å². The van der Waals surface area contributed by atoms with Crippen LogP contribution in [0.4, 0.5) is 0 Å². The molecule has 0 unspecified atom stereocenters. The second kappa shape index (κ2) is 27.7. The molecule has 0 amide bonds. The predicted octanol–water partition coefficient (Wildman–Crippen LogP) is 1.27. The molecule has 0 N–H and O–H groups in total. The van der Waals surface area contributed by atoms with E-state index in [9.17, 15) is 0 Å². The molecular weight excluding hydrogens is 651 g/mol. The maximum absolute atomic E-state index is 2.39. The van der Waals surface area contributed by atoms with Crippen molar-refractivity contribution in [2.75, 3.05) is 0 Å². The summed E-state index contributed by atoms with van der Waals surface area (Å²) in [7, 11) is -1.32. The molecule has 0 bridgehead atoms. The maximum Gasteiger partial charge on any atom is 4.00 e. The van der Waals surface area contributed by atoms with E-state index in [1.54, 1.807) is 32.6 Å². The fourth-order valence-electron chi connectivity index (χ4n) is 6.65. The average Bonchev–Trinajstić information content (AvgIpc) is 3.19. The van der Waals surface area contributed by atoms with Crippen LogP contribution in [0.15, 0.2) is 60.7 Å². The van der Waals surface area contributed by atoms with Gasteiger partial charge in [0.2, 0.25) is 0 Å². The van der Waals surface area contributed by atoms with Crippen molar-refractivity contribution in [3.05, 3.63) is 88.5 Å². The minimum Gasteiger partial charge on any atom is -1.00 e. The first-order valence-electron chi connectivity index (χ1n) is 17.0. The number of benzene rings is 2. The molecule has 3 rings (SSSR count). The minimum atomic E-state index is -1.32. The Hall–Kier alpha value is -0.409. The van der Waals surface area contributed by atoms with Crippen LogP contribution in [0.3, 0.4) is 0 Å². The molecule has 0 aliphatic heterocycles. The Morgan fingerprint density at radius 1 is 0.500 bits per heavy atom. The summed E-state index contributed by atoms with van der Waals surface area (Å²) in [4.78, 5) is 0. The van der Waals surface area contributed by atoms with E-state index in [2.05, 4.69) is 88.4 Å². The Morgan fingerprint density at radius 3 is 1.25 bits per heavy atom. The predicted molar refractivity (Wildman–Crippen MR) is 183 cm³/mol. The number of halogens is 3. The third-order valence-corrected chi connectivity index (χ3v) is 12.7. The van der Waals surface area contributed by atoms with E-state index in [1.807, 2.05) is 0 Å². The number of unbranched alkanes of at least 4 members (excludes halogenated alkanes) is 15. The van der Waals surface area contributed by atoms with Crippen LogP contribution in [0.25, 0.3) is 0 Å². The first-order chi connectivity index (χ1) is 19.6. The topological polar surface area (TPSA) is 0 Å². The van der Waals surface area contributed by atoms with Crippen molar-refractivity contribution >= 4 is 19.2 Å². The molecule has 0 aliphatic rings. The quantitative estimate of drug-likeness (QED) is 0.0889. The molecule has 244 valence electrons. The average molecular weight is 710 g/mol. The fraction of sp³-hybridized carbons (Fsp3) is 0.564. The van der Waals surface area contributed by atoms with Crippen molar-refractivity contribution in [2.45, 2.75) is 143 Å². The standard InChI is InChI=1S/C39H59Si.3ClH.Ti/c1-5-6-7-8-9-10-11-12-13-14-15-16-17-18-19-26-31-38-34(3)33(2)35(4)39(38)32-40(36-27-22-20-23-28-36)37-29-24-21-25-30-37;;;;/h20-25,27-30,40H,5-19,26,31-32H2,1-4H3;3*1H;/q-1;;;;+4/p-3. The van der Waals surface area contributed by atoms with Crippen LogP contribution >= 0.6 is 0 Å². The first-order valence-corrected chi connectivity index (χ1v) is 18.9. The van der Waals surface area contributed by atoms with Gasteiger partial charge in [0.1, 0.15) is 0 Å². The second-order valence-corrected chi connectivity index (χ2v) is 15.3. The zero-order valence-corrected chi connectivity index (χ0v) is 33.2. The summed E-state index contributed by atoms with van der Waals surface area (Å²) >= 11 is 0. The summed E-state index contributed by atoms with van der Waals surface area (Å²) in [5.41, 5.74) is 8.04. The Morgan fingerprint density at radius 2 is 0.864 bits per heavy atom. The van der Waals surface area contributed by atoms with Gasteiger partial charge in [0.15, 0.2) is 0 Å². The molecule has 3 aromatic rings. The van der Waals surface area contributed by atoms with E-state index in [0.29, 0.717) is 0 Å². The molecule has 0 radical (unpaired) electrons. The Balaban J connectivity index is 0. The first kappa shape index (κ1) is 45.7. The van der Waals surface area contributed by atoms with Gasteiger partial charge in [-0.15, -0.1) is 0 Å². The summed E-state index contributed by atoms with van der Waals surface area (Å²) in [6.45, 7) is 9.43.